The Bertz CT molecular complexity index is 544. The Balaban J connectivity index is 3.01. The van der Waals surface area contributed by atoms with Crippen LogP contribution in [0.15, 0.2) is 23.1 Å². The van der Waals surface area contributed by atoms with Gasteiger partial charge in [0.2, 0.25) is 10.0 Å². The van der Waals surface area contributed by atoms with Gasteiger partial charge in [-0.15, -0.1) is 0 Å². The van der Waals surface area contributed by atoms with Crippen LogP contribution < -0.4 is 14.8 Å². The van der Waals surface area contributed by atoms with Gasteiger partial charge in [0.05, 0.1) is 12.0 Å². The van der Waals surface area contributed by atoms with Gasteiger partial charge in [-0.2, -0.15) is 0 Å². The molecule has 0 saturated heterocycles. The van der Waals surface area contributed by atoms with E-state index in [1.54, 1.807) is 25.3 Å². The van der Waals surface area contributed by atoms with Crippen LogP contribution in [-0.4, -0.2) is 28.1 Å². The molecule has 0 aliphatic rings. The standard InChI is InChI=1S/C15H26N2O3S/c1-5-7-12(3)17-21(18,19)14-8-9-15(20-4)13(10-14)11-16-6-2/h8-10,12,16-17H,5-7,11H2,1-4H3. The normalized spacial score (nSPS) is 13.1. The molecule has 0 fully saturated rings. The number of sulfonamides is 1. The van der Waals surface area contributed by atoms with E-state index < -0.39 is 10.0 Å². The Morgan fingerprint density at radius 1 is 1.29 bits per heavy atom. The lowest BCUT2D eigenvalue weighted by Gasteiger charge is -2.15. The van der Waals surface area contributed by atoms with Crippen LogP contribution in [0.25, 0.3) is 0 Å². The molecule has 0 amide bonds. The van der Waals surface area contributed by atoms with E-state index in [-0.39, 0.29) is 10.9 Å². The summed E-state index contributed by atoms with van der Waals surface area (Å²) >= 11 is 0. The fraction of sp³-hybridized carbons (Fsp3) is 0.600. The van der Waals surface area contributed by atoms with Crippen LogP contribution in [0.2, 0.25) is 0 Å². The smallest absolute Gasteiger partial charge is 0.240 e. The van der Waals surface area contributed by atoms with Crippen molar-refractivity contribution in [2.45, 2.75) is 51.1 Å². The second-order valence-corrected chi connectivity index (χ2v) is 6.78. The summed E-state index contributed by atoms with van der Waals surface area (Å²) in [5, 5.41) is 3.18. The number of methoxy groups -OCH3 is 1. The van der Waals surface area contributed by atoms with Crippen LogP contribution in [0.1, 0.15) is 39.2 Å². The van der Waals surface area contributed by atoms with E-state index in [2.05, 4.69) is 10.0 Å². The van der Waals surface area contributed by atoms with Gasteiger partial charge in [0.1, 0.15) is 5.75 Å². The average Bonchev–Trinajstić information content (AvgIpc) is 2.44. The predicted octanol–water partition coefficient (Wildman–Crippen LogP) is 2.27. The highest BCUT2D eigenvalue weighted by Gasteiger charge is 2.18. The van der Waals surface area contributed by atoms with Crippen LogP contribution in [0.4, 0.5) is 0 Å². The number of benzene rings is 1. The number of hydrogen-bond donors (Lipinski definition) is 2. The minimum Gasteiger partial charge on any atom is -0.496 e. The third-order valence-corrected chi connectivity index (χ3v) is 4.79. The molecule has 0 aliphatic heterocycles. The maximum Gasteiger partial charge on any atom is 0.240 e. The van der Waals surface area contributed by atoms with Crippen molar-refractivity contribution >= 4 is 10.0 Å². The largest absolute Gasteiger partial charge is 0.496 e. The summed E-state index contributed by atoms with van der Waals surface area (Å²) < 4.78 is 32.7. The highest BCUT2D eigenvalue weighted by atomic mass is 32.2. The quantitative estimate of drug-likeness (QED) is 0.734. The fourth-order valence-electron chi connectivity index (χ4n) is 2.14. The molecule has 0 bridgehead atoms. The van der Waals surface area contributed by atoms with E-state index in [1.165, 1.54) is 0 Å². The summed E-state index contributed by atoms with van der Waals surface area (Å²) in [6.45, 7) is 7.30. The van der Waals surface area contributed by atoms with Gasteiger partial charge in [0.25, 0.3) is 0 Å². The number of ether oxygens (including phenoxy) is 1. The first-order valence-corrected chi connectivity index (χ1v) is 8.82. The summed E-state index contributed by atoms with van der Waals surface area (Å²) in [6, 6.07) is 4.88. The number of hydrogen-bond acceptors (Lipinski definition) is 4. The van der Waals surface area contributed by atoms with E-state index in [1.807, 2.05) is 20.8 Å². The third-order valence-electron chi connectivity index (χ3n) is 3.21. The van der Waals surface area contributed by atoms with Crippen molar-refractivity contribution in [3.05, 3.63) is 23.8 Å². The van der Waals surface area contributed by atoms with Crippen molar-refractivity contribution in [3.8, 4) is 5.75 Å². The molecule has 1 unspecified atom stereocenters. The number of rotatable bonds is 9. The molecule has 0 spiro atoms. The van der Waals surface area contributed by atoms with Crippen molar-refractivity contribution in [1.82, 2.24) is 10.0 Å². The van der Waals surface area contributed by atoms with Crippen LogP contribution in [0, 0.1) is 0 Å². The second kappa shape index (κ2) is 8.36. The summed E-state index contributed by atoms with van der Waals surface area (Å²) in [5.41, 5.74) is 0.838. The molecule has 2 N–H and O–H groups in total. The lowest BCUT2D eigenvalue weighted by Crippen LogP contribution is -2.32. The Labute approximate surface area is 128 Å². The lowest BCUT2D eigenvalue weighted by molar-refractivity contribution is 0.407. The Kier molecular flexibility index (Phi) is 7.14. The van der Waals surface area contributed by atoms with Crippen molar-refractivity contribution in [1.29, 1.82) is 0 Å². The van der Waals surface area contributed by atoms with E-state index in [9.17, 15) is 8.42 Å². The van der Waals surface area contributed by atoms with Crippen LogP contribution >= 0.6 is 0 Å². The molecule has 0 heterocycles. The molecule has 0 aliphatic carbocycles. The molecule has 21 heavy (non-hydrogen) atoms. The van der Waals surface area contributed by atoms with Crippen molar-refractivity contribution in [2.75, 3.05) is 13.7 Å². The van der Waals surface area contributed by atoms with Gasteiger partial charge in [-0.05, 0) is 38.1 Å². The van der Waals surface area contributed by atoms with Crippen LogP contribution in [-0.2, 0) is 16.6 Å². The molecule has 1 atom stereocenters. The van der Waals surface area contributed by atoms with E-state index in [4.69, 9.17) is 4.74 Å². The Hall–Kier alpha value is -1.11. The molecule has 120 valence electrons. The summed E-state index contributed by atoms with van der Waals surface area (Å²) in [5.74, 6) is 0.691. The molecule has 0 saturated carbocycles. The van der Waals surface area contributed by atoms with Gasteiger partial charge in [-0.1, -0.05) is 20.3 Å². The second-order valence-electron chi connectivity index (χ2n) is 5.06. The molecular formula is C15H26N2O3S. The minimum absolute atomic E-state index is 0.0701. The molecule has 1 aromatic rings. The molecule has 0 aromatic heterocycles. The van der Waals surface area contributed by atoms with Crippen molar-refractivity contribution < 1.29 is 13.2 Å². The first-order valence-electron chi connectivity index (χ1n) is 7.34. The van der Waals surface area contributed by atoms with Gasteiger partial charge in [-0.25, -0.2) is 13.1 Å². The van der Waals surface area contributed by atoms with Crippen LogP contribution in [0.5, 0.6) is 5.75 Å². The molecule has 6 heteroatoms. The maximum atomic E-state index is 12.4. The maximum absolute atomic E-state index is 12.4. The first kappa shape index (κ1) is 17.9. The molecule has 1 aromatic carbocycles. The topological polar surface area (TPSA) is 67.4 Å². The first-order chi connectivity index (χ1) is 9.94. The highest BCUT2D eigenvalue weighted by Crippen LogP contribution is 2.22. The van der Waals surface area contributed by atoms with Gasteiger partial charge in [0, 0.05) is 18.2 Å². The van der Waals surface area contributed by atoms with E-state index in [0.29, 0.717) is 12.3 Å². The van der Waals surface area contributed by atoms with Gasteiger partial charge >= 0.3 is 0 Å². The van der Waals surface area contributed by atoms with E-state index in [0.717, 1.165) is 24.9 Å². The lowest BCUT2D eigenvalue weighted by atomic mass is 10.2. The summed E-state index contributed by atoms with van der Waals surface area (Å²) in [6.07, 6.45) is 1.76. The zero-order valence-corrected chi connectivity index (χ0v) is 14.1. The zero-order chi connectivity index (χ0) is 15.9. The Morgan fingerprint density at radius 2 is 2.00 bits per heavy atom. The SMILES string of the molecule is CCCC(C)NS(=O)(=O)c1ccc(OC)c(CNCC)c1. The van der Waals surface area contributed by atoms with Crippen LogP contribution in [0.3, 0.4) is 0 Å². The molecule has 1 rings (SSSR count). The monoisotopic (exact) mass is 314 g/mol. The van der Waals surface area contributed by atoms with Gasteiger partial charge in [0.15, 0.2) is 0 Å². The highest BCUT2D eigenvalue weighted by molar-refractivity contribution is 7.89. The molecule has 0 radical (unpaired) electrons. The Morgan fingerprint density at radius 3 is 2.57 bits per heavy atom. The summed E-state index contributed by atoms with van der Waals surface area (Å²) in [4.78, 5) is 0.277. The van der Waals surface area contributed by atoms with Gasteiger partial charge in [-0.3, -0.25) is 0 Å². The van der Waals surface area contributed by atoms with Crippen molar-refractivity contribution in [3.63, 3.8) is 0 Å². The third kappa shape index (κ3) is 5.30. The fourth-order valence-corrected chi connectivity index (χ4v) is 3.47. The van der Waals surface area contributed by atoms with Gasteiger partial charge < -0.3 is 10.1 Å². The van der Waals surface area contributed by atoms with Crippen molar-refractivity contribution in [2.24, 2.45) is 0 Å². The summed E-state index contributed by atoms with van der Waals surface area (Å²) in [7, 11) is -1.90. The zero-order valence-electron chi connectivity index (χ0n) is 13.3. The average molecular weight is 314 g/mol. The predicted molar refractivity (Wildman–Crippen MR) is 85.1 cm³/mol. The van der Waals surface area contributed by atoms with E-state index >= 15 is 0 Å². The number of nitrogens with one attached hydrogen (secondary N) is 2. The molecular weight excluding hydrogens is 288 g/mol. The minimum atomic E-state index is -3.49. The molecule has 5 nitrogen and oxygen atoms in total.